The van der Waals surface area contributed by atoms with Gasteiger partial charge in [0.2, 0.25) is 3.79 Å². The third-order valence-corrected chi connectivity index (χ3v) is 4.65. The Kier molecular flexibility index (Phi) is 4.81. The molecule has 112 valence electrons. The first kappa shape index (κ1) is 16.2. The van der Waals surface area contributed by atoms with E-state index in [-0.39, 0.29) is 23.6 Å². The third-order valence-electron chi connectivity index (χ3n) is 2.92. The topological polar surface area (TPSA) is 55.8 Å². The van der Waals surface area contributed by atoms with Crippen LogP contribution in [0.2, 0.25) is 0 Å². The number of amides is 1. The van der Waals surface area contributed by atoms with Gasteiger partial charge in [-0.25, -0.2) is 4.79 Å². The van der Waals surface area contributed by atoms with Gasteiger partial charge in [0.25, 0.3) is 5.91 Å². The maximum Gasteiger partial charge on any atom is 0.355 e. The number of fused-ring (bicyclic) bond motifs is 1. The molecule has 2 atom stereocenters. The molecule has 20 heavy (non-hydrogen) atoms. The number of β-lactam (4-membered cyclic amide) rings is 1. The van der Waals surface area contributed by atoms with Crippen molar-refractivity contribution < 1.29 is 19.1 Å². The molecule has 1 amide bonds. The zero-order valence-corrected chi connectivity index (χ0v) is 13.8. The number of alkyl halides is 3. The molecule has 9 heteroatoms. The first-order valence-electron chi connectivity index (χ1n) is 5.67. The number of methoxy groups -OCH3 is 1. The summed E-state index contributed by atoms with van der Waals surface area (Å²) in [5.41, 5.74) is 0.977. The number of nitrogens with zero attached hydrogens (tertiary/aromatic N) is 1. The largest absolute Gasteiger partial charge is 0.456 e. The minimum Gasteiger partial charge on any atom is -0.456 e. The molecular formula is C11H12Cl3NO4S. The first-order valence-corrected chi connectivity index (χ1v) is 7.85. The predicted molar refractivity (Wildman–Crippen MR) is 77.8 cm³/mol. The van der Waals surface area contributed by atoms with Gasteiger partial charge in [-0.05, 0) is 12.5 Å². The molecule has 0 radical (unpaired) electrons. The van der Waals surface area contributed by atoms with Gasteiger partial charge in [0.05, 0.1) is 0 Å². The predicted octanol–water partition coefficient (Wildman–Crippen LogP) is 2.10. The number of ether oxygens (including phenoxy) is 2. The molecule has 5 nitrogen and oxygen atoms in total. The van der Waals surface area contributed by atoms with Gasteiger partial charge in [0, 0.05) is 12.9 Å². The molecule has 0 N–H and O–H groups in total. The number of hydrogen-bond donors (Lipinski definition) is 0. The number of halogens is 3. The monoisotopic (exact) mass is 359 g/mol. The lowest BCUT2D eigenvalue weighted by Gasteiger charge is -2.48. The number of carbonyl (C=O) groups is 2. The normalized spacial score (nSPS) is 26.2. The van der Waals surface area contributed by atoms with Crippen LogP contribution in [0.4, 0.5) is 0 Å². The van der Waals surface area contributed by atoms with Crippen molar-refractivity contribution in [1.29, 1.82) is 0 Å². The Morgan fingerprint density at radius 2 is 2.15 bits per heavy atom. The summed E-state index contributed by atoms with van der Waals surface area (Å²) in [5.74, 6) is -0.307. The van der Waals surface area contributed by atoms with E-state index in [0.29, 0.717) is 5.75 Å². The van der Waals surface area contributed by atoms with Crippen LogP contribution in [0.1, 0.15) is 6.92 Å². The molecular weight excluding hydrogens is 349 g/mol. The van der Waals surface area contributed by atoms with Crippen LogP contribution in [-0.4, -0.2) is 51.5 Å². The zero-order chi connectivity index (χ0) is 15.1. The molecule has 0 unspecified atom stereocenters. The fourth-order valence-corrected chi connectivity index (χ4v) is 3.51. The molecule has 1 saturated heterocycles. The summed E-state index contributed by atoms with van der Waals surface area (Å²) < 4.78 is 8.37. The van der Waals surface area contributed by atoms with Crippen LogP contribution < -0.4 is 0 Å². The number of thioether (sulfide) groups is 1. The summed E-state index contributed by atoms with van der Waals surface area (Å²) in [4.78, 5) is 25.4. The van der Waals surface area contributed by atoms with E-state index in [9.17, 15) is 9.59 Å². The molecule has 2 aliphatic rings. The van der Waals surface area contributed by atoms with Crippen molar-refractivity contribution >= 4 is 58.4 Å². The van der Waals surface area contributed by atoms with Crippen LogP contribution in [0.15, 0.2) is 11.3 Å². The van der Waals surface area contributed by atoms with Crippen LogP contribution >= 0.6 is 46.6 Å². The Labute approximate surface area is 135 Å². The highest BCUT2D eigenvalue weighted by molar-refractivity contribution is 8.00. The zero-order valence-electron chi connectivity index (χ0n) is 10.7. The van der Waals surface area contributed by atoms with E-state index in [0.717, 1.165) is 5.57 Å². The van der Waals surface area contributed by atoms with Crippen molar-refractivity contribution in [2.45, 2.75) is 22.2 Å². The number of rotatable bonds is 3. The summed E-state index contributed by atoms with van der Waals surface area (Å²) >= 11 is 18.2. The van der Waals surface area contributed by atoms with Crippen molar-refractivity contribution in [3.63, 3.8) is 0 Å². The van der Waals surface area contributed by atoms with E-state index in [2.05, 4.69) is 0 Å². The lowest BCUT2D eigenvalue weighted by molar-refractivity contribution is -0.163. The minimum atomic E-state index is -1.68. The number of carbonyl (C=O) groups excluding carboxylic acids is 2. The second-order valence-corrected chi connectivity index (χ2v) is 8.01. The Bertz CT molecular complexity index is 477. The molecule has 2 aliphatic heterocycles. The molecule has 0 spiro atoms. The highest BCUT2D eigenvalue weighted by Crippen LogP contribution is 2.41. The van der Waals surface area contributed by atoms with Gasteiger partial charge in [-0.2, -0.15) is 0 Å². The summed E-state index contributed by atoms with van der Waals surface area (Å²) in [6.45, 7) is 1.39. The molecule has 2 rings (SSSR count). The van der Waals surface area contributed by atoms with Gasteiger partial charge in [-0.15, -0.1) is 11.8 Å². The van der Waals surface area contributed by atoms with E-state index in [4.69, 9.17) is 44.3 Å². The first-order chi connectivity index (χ1) is 9.26. The molecule has 2 heterocycles. The fraction of sp³-hybridized carbons (Fsp3) is 0.636. The summed E-state index contributed by atoms with van der Waals surface area (Å²) in [7, 11) is 1.46. The number of hydrogen-bond acceptors (Lipinski definition) is 5. The van der Waals surface area contributed by atoms with Gasteiger partial charge >= 0.3 is 5.97 Å². The quantitative estimate of drug-likeness (QED) is 0.438. The molecule has 0 bridgehead atoms. The van der Waals surface area contributed by atoms with Crippen molar-refractivity contribution in [3.05, 3.63) is 11.3 Å². The maximum absolute atomic E-state index is 12.1. The summed E-state index contributed by atoms with van der Waals surface area (Å²) in [5, 5.41) is -0.202. The highest BCUT2D eigenvalue weighted by Gasteiger charge is 2.53. The third kappa shape index (κ3) is 3.04. The molecule has 0 aliphatic carbocycles. The van der Waals surface area contributed by atoms with E-state index in [1.165, 1.54) is 23.8 Å². The Morgan fingerprint density at radius 1 is 1.50 bits per heavy atom. The van der Waals surface area contributed by atoms with Gasteiger partial charge in [-0.3, -0.25) is 9.69 Å². The highest BCUT2D eigenvalue weighted by atomic mass is 35.6. The SMILES string of the molecule is CO[C@H]1C(=O)N2C(C(=O)OCC(Cl)(Cl)Cl)=C(C)CS[C@@H]12. The van der Waals surface area contributed by atoms with Crippen molar-refractivity contribution in [1.82, 2.24) is 4.90 Å². The summed E-state index contributed by atoms with van der Waals surface area (Å²) in [6, 6.07) is 0. The Hall–Kier alpha value is -0.140. The average molecular weight is 361 g/mol. The van der Waals surface area contributed by atoms with Crippen LogP contribution in [-0.2, 0) is 19.1 Å². The molecule has 0 aromatic carbocycles. The second-order valence-electron chi connectivity index (χ2n) is 4.39. The Morgan fingerprint density at radius 3 is 2.70 bits per heavy atom. The van der Waals surface area contributed by atoms with E-state index in [1.807, 2.05) is 0 Å². The lowest BCUT2D eigenvalue weighted by atomic mass is 10.1. The van der Waals surface area contributed by atoms with Gasteiger partial charge in [0.15, 0.2) is 6.10 Å². The van der Waals surface area contributed by atoms with Crippen molar-refractivity contribution in [2.24, 2.45) is 0 Å². The van der Waals surface area contributed by atoms with Crippen LogP contribution in [0, 0.1) is 0 Å². The van der Waals surface area contributed by atoms with Crippen molar-refractivity contribution in [2.75, 3.05) is 19.5 Å². The van der Waals surface area contributed by atoms with E-state index < -0.39 is 15.9 Å². The fourth-order valence-electron chi connectivity index (χ4n) is 2.03. The minimum absolute atomic E-state index is 0.202. The van der Waals surface area contributed by atoms with E-state index >= 15 is 0 Å². The molecule has 1 fully saturated rings. The molecule has 0 aromatic rings. The Balaban J connectivity index is 2.13. The standard InChI is InChI=1S/C11H12Cl3NO4S/c1-5-3-20-9-7(18-2)8(16)15(9)6(5)10(17)19-4-11(12,13)14/h7,9H,3-4H2,1-2H3/t7-,9-/m0/s1. The second kappa shape index (κ2) is 5.93. The lowest BCUT2D eigenvalue weighted by Crippen LogP contribution is -2.65. The van der Waals surface area contributed by atoms with Gasteiger partial charge < -0.3 is 9.47 Å². The smallest absolute Gasteiger partial charge is 0.355 e. The molecule has 0 aromatic heterocycles. The van der Waals surface area contributed by atoms with E-state index in [1.54, 1.807) is 6.92 Å². The summed E-state index contributed by atoms with van der Waals surface area (Å²) in [6.07, 6.45) is -0.524. The maximum atomic E-state index is 12.1. The van der Waals surface area contributed by atoms with Gasteiger partial charge in [-0.1, -0.05) is 34.8 Å². The van der Waals surface area contributed by atoms with Crippen LogP contribution in [0.25, 0.3) is 0 Å². The average Bonchev–Trinajstić information content (AvgIpc) is 2.36. The molecule has 0 saturated carbocycles. The van der Waals surface area contributed by atoms with Crippen LogP contribution in [0.3, 0.4) is 0 Å². The van der Waals surface area contributed by atoms with Crippen molar-refractivity contribution in [3.8, 4) is 0 Å². The number of esters is 1. The van der Waals surface area contributed by atoms with Gasteiger partial charge in [0.1, 0.15) is 17.7 Å². The van der Waals surface area contributed by atoms with Crippen LogP contribution in [0.5, 0.6) is 0 Å².